The predicted octanol–water partition coefficient (Wildman–Crippen LogP) is 4.40. The van der Waals surface area contributed by atoms with Gasteiger partial charge in [-0.05, 0) is 50.5 Å². The summed E-state index contributed by atoms with van der Waals surface area (Å²) in [6.07, 6.45) is 0.872. The normalized spacial score (nSPS) is 10.8. The van der Waals surface area contributed by atoms with Crippen LogP contribution in [0.2, 0.25) is 0 Å². The first kappa shape index (κ1) is 20.6. The average Bonchev–Trinajstić information content (AvgIpc) is 3.00. The van der Waals surface area contributed by atoms with Gasteiger partial charge in [-0.3, -0.25) is 4.79 Å². The Morgan fingerprint density at radius 1 is 1.07 bits per heavy atom. The molecule has 0 aliphatic rings. The Labute approximate surface area is 172 Å². The van der Waals surface area contributed by atoms with Crippen molar-refractivity contribution in [2.45, 2.75) is 40.7 Å². The summed E-state index contributed by atoms with van der Waals surface area (Å²) in [6, 6.07) is 16.0. The molecule has 152 valence electrons. The summed E-state index contributed by atoms with van der Waals surface area (Å²) in [7, 11) is 1.81. The van der Waals surface area contributed by atoms with Gasteiger partial charge in [-0.2, -0.15) is 5.10 Å². The first-order chi connectivity index (χ1) is 13.9. The zero-order valence-electron chi connectivity index (χ0n) is 17.9. The Morgan fingerprint density at radius 3 is 2.48 bits per heavy atom. The van der Waals surface area contributed by atoms with Gasteiger partial charge in [-0.15, -0.1) is 0 Å². The van der Waals surface area contributed by atoms with E-state index in [1.165, 1.54) is 0 Å². The van der Waals surface area contributed by atoms with Crippen LogP contribution in [0.15, 0.2) is 48.5 Å². The molecule has 0 fully saturated rings. The minimum Gasteiger partial charge on any atom is -0.483 e. The first-order valence-corrected chi connectivity index (χ1v) is 9.98. The lowest BCUT2D eigenvalue weighted by molar-refractivity contribution is -0.132. The van der Waals surface area contributed by atoms with Crippen molar-refractivity contribution in [3.63, 3.8) is 0 Å². The highest BCUT2D eigenvalue weighted by Crippen LogP contribution is 2.22. The van der Waals surface area contributed by atoms with Gasteiger partial charge < -0.3 is 9.64 Å². The number of hydrogen-bond donors (Lipinski definition) is 0. The van der Waals surface area contributed by atoms with Crippen molar-refractivity contribution < 1.29 is 9.53 Å². The number of aryl methyl sites for hydroxylation is 3. The number of carbonyl (C=O) groups excluding carboxylic acids is 1. The van der Waals surface area contributed by atoms with Gasteiger partial charge in [0.05, 0.1) is 11.4 Å². The second-order valence-corrected chi connectivity index (χ2v) is 7.35. The van der Waals surface area contributed by atoms with Gasteiger partial charge in [-0.25, -0.2) is 4.68 Å². The van der Waals surface area contributed by atoms with Gasteiger partial charge in [0.1, 0.15) is 5.75 Å². The molecular weight excluding hydrogens is 362 g/mol. The topological polar surface area (TPSA) is 47.4 Å². The minimum atomic E-state index is -0.0571. The first-order valence-electron chi connectivity index (χ1n) is 9.98. The van der Waals surface area contributed by atoms with Crippen LogP contribution in [0.4, 0.5) is 0 Å². The smallest absolute Gasteiger partial charge is 0.260 e. The molecule has 0 saturated carbocycles. The number of nitrogens with zero attached hydrogens (tertiary/aromatic N) is 3. The monoisotopic (exact) mass is 391 g/mol. The molecule has 0 spiro atoms. The van der Waals surface area contributed by atoms with E-state index in [0.717, 1.165) is 45.9 Å². The van der Waals surface area contributed by atoms with Crippen LogP contribution < -0.4 is 4.74 Å². The number of carbonyl (C=O) groups is 1. The van der Waals surface area contributed by atoms with E-state index in [9.17, 15) is 4.79 Å². The molecule has 1 heterocycles. The van der Waals surface area contributed by atoms with Crippen molar-refractivity contribution in [2.75, 3.05) is 13.7 Å². The highest BCUT2D eigenvalue weighted by Gasteiger charge is 2.18. The summed E-state index contributed by atoms with van der Waals surface area (Å²) in [5.74, 6) is 0.717. The average molecular weight is 392 g/mol. The van der Waals surface area contributed by atoms with Crippen LogP contribution in [-0.2, 0) is 17.8 Å². The zero-order chi connectivity index (χ0) is 21.0. The molecule has 1 amide bonds. The van der Waals surface area contributed by atoms with Crippen LogP contribution in [0.25, 0.3) is 5.69 Å². The van der Waals surface area contributed by atoms with Gasteiger partial charge in [0.2, 0.25) is 0 Å². The molecule has 5 heteroatoms. The number of likely N-dealkylation sites (N-methyl/N-ethyl adjacent to an activating group) is 1. The van der Waals surface area contributed by atoms with Crippen molar-refractivity contribution in [1.29, 1.82) is 0 Å². The largest absolute Gasteiger partial charge is 0.483 e. The molecule has 0 N–H and O–H groups in total. The van der Waals surface area contributed by atoms with Crippen molar-refractivity contribution in [3.05, 3.63) is 76.6 Å². The maximum absolute atomic E-state index is 12.6. The van der Waals surface area contributed by atoms with E-state index in [1.807, 2.05) is 54.9 Å². The Balaban J connectivity index is 1.71. The summed E-state index contributed by atoms with van der Waals surface area (Å²) in [5.41, 5.74) is 6.38. The molecule has 0 aliphatic heterocycles. The summed E-state index contributed by atoms with van der Waals surface area (Å²) in [5, 5.41) is 4.72. The fourth-order valence-electron chi connectivity index (χ4n) is 3.45. The molecule has 0 atom stereocenters. The molecule has 5 nitrogen and oxygen atoms in total. The number of para-hydroxylation sites is 2. The second kappa shape index (κ2) is 8.95. The molecule has 0 radical (unpaired) electrons. The molecule has 3 aromatic rings. The third-order valence-corrected chi connectivity index (χ3v) is 5.31. The fourth-order valence-corrected chi connectivity index (χ4v) is 3.45. The van der Waals surface area contributed by atoms with Crippen LogP contribution in [0.5, 0.6) is 5.75 Å². The SMILES string of the molecule is CCc1ccccc1OCC(=O)N(C)Cc1c(C)nn(-c2ccccc2C)c1C. The molecule has 0 aliphatic carbocycles. The van der Waals surface area contributed by atoms with E-state index in [-0.39, 0.29) is 12.5 Å². The lowest BCUT2D eigenvalue weighted by Crippen LogP contribution is -2.31. The number of rotatable bonds is 7. The third kappa shape index (κ3) is 4.50. The Morgan fingerprint density at radius 2 is 1.76 bits per heavy atom. The number of ether oxygens (including phenoxy) is 1. The summed E-state index contributed by atoms with van der Waals surface area (Å²) in [4.78, 5) is 14.3. The van der Waals surface area contributed by atoms with Gasteiger partial charge in [-0.1, -0.05) is 43.3 Å². The molecule has 29 heavy (non-hydrogen) atoms. The predicted molar refractivity (Wildman–Crippen MR) is 116 cm³/mol. The number of hydrogen-bond acceptors (Lipinski definition) is 3. The summed E-state index contributed by atoms with van der Waals surface area (Å²) >= 11 is 0. The Bertz CT molecular complexity index is 1010. The van der Waals surface area contributed by atoms with Crippen LogP contribution >= 0.6 is 0 Å². The van der Waals surface area contributed by atoms with Crippen molar-refractivity contribution in [1.82, 2.24) is 14.7 Å². The zero-order valence-corrected chi connectivity index (χ0v) is 17.9. The maximum atomic E-state index is 12.6. The molecule has 3 rings (SSSR count). The van der Waals surface area contributed by atoms with Gasteiger partial charge in [0.25, 0.3) is 5.91 Å². The Kier molecular flexibility index (Phi) is 6.37. The minimum absolute atomic E-state index is 0.0253. The summed E-state index contributed by atoms with van der Waals surface area (Å²) in [6.45, 7) is 8.72. The van der Waals surface area contributed by atoms with E-state index >= 15 is 0 Å². The maximum Gasteiger partial charge on any atom is 0.260 e. The van der Waals surface area contributed by atoms with Gasteiger partial charge >= 0.3 is 0 Å². The lowest BCUT2D eigenvalue weighted by Gasteiger charge is -2.18. The van der Waals surface area contributed by atoms with E-state index in [4.69, 9.17) is 9.84 Å². The highest BCUT2D eigenvalue weighted by molar-refractivity contribution is 5.77. The third-order valence-electron chi connectivity index (χ3n) is 5.31. The summed E-state index contributed by atoms with van der Waals surface area (Å²) < 4.78 is 7.75. The highest BCUT2D eigenvalue weighted by atomic mass is 16.5. The molecule has 0 unspecified atom stereocenters. The van der Waals surface area contributed by atoms with Crippen molar-refractivity contribution in [2.24, 2.45) is 0 Å². The second-order valence-electron chi connectivity index (χ2n) is 7.35. The molecule has 0 saturated heterocycles. The van der Waals surface area contributed by atoms with Crippen LogP contribution in [-0.4, -0.2) is 34.2 Å². The van der Waals surface area contributed by atoms with E-state index in [1.54, 1.807) is 11.9 Å². The number of benzene rings is 2. The standard InChI is InChI=1S/C24H29N3O2/c1-6-20-12-8-10-14-23(20)29-16-24(28)26(5)15-21-18(3)25-27(19(21)4)22-13-9-7-11-17(22)2/h7-14H,6,15-16H2,1-5H3. The molecule has 2 aromatic carbocycles. The van der Waals surface area contributed by atoms with Gasteiger partial charge in [0, 0.05) is 24.8 Å². The van der Waals surface area contributed by atoms with Crippen LogP contribution in [0.3, 0.4) is 0 Å². The van der Waals surface area contributed by atoms with Crippen molar-refractivity contribution in [3.8, 4) is 11.4 Å². The number of aromatic nitrogens is 2. The Hall–Kier alpha value is -3.08. The van der Waals surface area contributed by atoms with Crippen LogP contribution in [0.1, 0.15) is 35.0 Å². The van der Waals surface area contributed by atoms with E-state index in [0.29, 0.717) is 6.54 Å². The molecule has 0 bridgehead atoms. The lowest BCUT2D eigenvalue weighted by atomic mass is 10.1. The van der Waals surface area contributed by atoms with E-state index < -0.39 is 0 Å². The van der Waals surface area contributed by atoms with E-state index in [2.05, 4.69) is 26.0 Å². The van der Waals surface area contributed by atoms with Gasteiger partial charge in [0.15, 0.2) is 6.61 Å². The van der Waals surface area contributed by atoms with Crippen LogP contribution in [0, 0.1) is 20.8 Å². The molecular formula is C24H29N3O2. The fraction of sp³-hybridized carbons (Fsp3) is 0.333. The number of amides is 1. The molecule has 1 aromatic heterocycles. The quantitative estimate of drug-likeness (QED) is 0.600. The van der Waals surface area contributed by atoms with Crippen molar-refractivity contribution >= 4 is 5.91 Å².